The van der Waals surface area contributed by atoms with Crippen molar-refractivity contribution in [3.8, 4) is 0 Å². The fourth-order valence-corrected chi connectivity index (χ4v) is 3.23. The van der Waals surface area contributed by atoms with Gasteiger partial charge >= 0.3 is 37.3 Å². The van der Waals surface area contributed by atoms with Crippen LogP contribution in [0.15, 0.2) is 21.7 Å². The summed E-state index contributed by atoms with van der Waals surface area (Å²) in [6.07, 6.45) is -1.07. The highest BCUT2D eigenvalue weighted by molar-refractivity contribution is 7.53. The van der Waals surface area contributed by atoms with Crippen molar-refractivity contribution >= 4 is 25.5 Å². The fraction of sp³-hybridized carbons (Fsp3) is 0.529. The molecule has 0 spiro atoms. The molecule has 166 valence electrons. The first-order valence-corrected chi connectivity index (χ1v) is 10.1. The minimum Gasteiger partial charge on any atom is -0.431 e. The largest absolute Gasteiger partial charge is 0.514 e. The number of aromatic nitrogens is 2. The van der Waals surface area contributed by atoms with Gasteiger partial charge in [0.05, 0.1) is 12.2 Å². The van der Waals surface area contributed by atoms with Gasteiger partial charge in [-0.3, -0.25) is 9.78 Å². The maximum absolute atomic E-state index is 14.5. The van der Waals surface area contributed by atoms with Crippen LogP contribution in [0.4, 0.5) is 14.0 Å². The Morgan fingerprint density at radius 2 is 1.57 bits per heavy atom. The fourth-order valence-electron chi connectivity index (χ4n) is 1.96. The zero-order valence-electron chi connectivity index (χ0n) is 17.0. The highest BCUT2D eigenvalue weighted by Gasteiger charge is 2.47. The van der Waals surface area contributed by atoms with Crippen LogP contribution in [0.1, 0.15) is 34.6 Å². The molecule has 0 aliphatic rings. The first-order valence-electron chi connectivity index (χ1n) is 8.82. The summed E-state index contributed by atoms with van der Waals surface area (Å²) in [5.74, 6) is -1.56. The van der Waals surface area contributed by atoms with E-state index >= 15 is 0 Å². The monoisotopic (exact) mass is 449 g/mol. The number of aromatic amines is 1. The van der Waals surface area contributed by atoms with Crippen LogP contribution in [0.25, 0.3) is 0 Å². The van der Waals surface area contributed by atoms with Gasteiger partial charge in [-0.05, 0) is 34.6 Å². The summed E-state index contributed by atoms with van der Waals surface area (Å²) in [6.45, 7) is 7.33. The van der Waals surface area contributed by atoms with Gasteiger partial charge < -0.3 is 18.9 Å². The van der Waals surface area contributed by atoms with Gasteiger partial charge in [0.25, 0.3) is 11.4 Å². The van der Waals surface area contributed by atoms with Crippen LogP contribution in [0.2, 0.25) is 0 Å². The smallest absolute Gasteiger partial charge is 0.431 e. The first kappa shape index (κ1) is 25.0. The molecule has 0 bridgehead atoms. The Morgan fingerprint density at radius 1 is 1.07 bits per heavy atom. The summed E-state index contributed by atoms with van der Waals surface area (Å²) in [4.78, 5) is 49.2. The minimum atomic E-state index is -3.31. The molecule has 30 heavy (non-hydrogen) atoms. The summed E-state index contributed by atoms with van der Waals surface area (Å²) in [6, 6.07) is -2.23. The number of hydrogen-bond donors (Lipinski definition) is 1. The van der Waals surface area contributed by atoms with Gasteiger partial charge in [-0.25, -0.2) is 19.0 Å². The van der Waals surface area contributed by atoms with Gasteiger partial charge in [-0.1, -0.05) is 16.7 Å². The van der Waals surface area contributed by atoms with Crippen molar-refractivity contribution in [1.82, 2.24) is 9.55 Å². The zero-order valence-corrected chi connectivity index (χ0v) is 17.9. The molecule has 0 aliphatic heterocycles. The quantitative estimate of drug-likeness (QED) is 0.273. The number of nitrogens with zero attached hydrogens (tertiary/aromatic N) is 1. The van der Waals surface area contributed by atoms with Gasteiger partial charge in [0.2, 0.25) is 0 Å². The summed E-state index contributed by atoms with van der Waals surface area (Å²) in [5.41, 5.74) is -3.41. The Kier molecular flexibility index (Phi) is 9.38. The van der Waals surface area contributed by atoms with Crippen molar-refractivity contribution in [2.24, 2.45) is 0 Å². The number of H-pyrrole nitrogens is 1. The van der Waals surface area contributed by atoms with Crippen molar-refractivity contribution in [2.45, 2.75) is 59.4 Å². The predicted octanol–water partition coefficient (Wildman–Crippen LogP) is 2.11. The lowest BCUT2D eigenvalue weighted by Gasteiger charge is -2.14. The molecule has 1 N–H and O–H groups in total. The minimum absolute atomic E-state index is 0.265. The SMILES string of the molecule is CC=CCn1c([P+](=O)C(OC(=O)OC(C)C)OC(=O)OC(C)C)c(F)c(=O)[nH]c1=O. The second-order valence-corrected chi connectivity index (χ2v) is 7.78. The standard InChI is InChI=1S/C17H22FN2O9P/c1-6-7-8-20-13(11(18)12(21)19-14(20)22)30(25)17(28-15(23)26-9(2)3)29-16(24)27-10(4)5/h6-7,9-10,17H,8H2,1-5H3/p+1. The van der Waals surface area contributed by atoms with E-state index in [1.165, 1.54) is 39.8 Å². The van der Waals surface area contributed by atoms with Gasteiger partial charge in [0.15, 0.2) is 0 Å². The Bertz CT molecular complexity index is 912. The number of halogens is 1. The van der Waals surface area contributed by atoms with E-state index in [-0.39, 0.29) is 6.54 Å². The molecular weight excluding hydrogens is 426 g/mol. The number of nitrogens with one attached hydrogen (secondary N) is 1. The molecule has 0 aromatic carbocycles. The second-order valence-electron chi connectivity index (χ2n) is 6.28. The second kappa shape index (κ2) is 11.2. The van der Waals surface area contributed by atoms with Crippen LogP contribution < -0.4 is 16.7 Å². The summed E-state index contributed by atoms with van der Waals surface area (Å²) in [5, 5.41) is 0. The molecule has 1 rings (SSSR count). The van der Waals surface area contributed by atoms with E-state index in [0.29, 0.717) is 4.57 Å². The van der Waals surface area contributed by atoms with Crippen molar-refractivity contribution < 1.29 is 37.5 Å². The van der Waals surface area contributed by atoms with Crippen molar-refractivity contribution in [2.75, 3.05) is 0 Å². The summed E-state index contributed by atoms with van der Waals surface area (Å²) >= 11 is 0. The summed E-state index contributed by atoms with van der Waals surface area (Å²) in [7, 11) is -3.31. The molecule has 0 radical (unpaired) electrons. The lowest BCUT2D eigenvalue weighted by molar-refractivity contribution is -0.0712. The number of hydrogen-bond acceptors (Lipinski definition) is 9. The third-order valence-electron chi connectivity index (χ3n) is 3.10. The van der Waals surface area contributed by atoms with Crippen LogP contribution in [-0.2, 0) is 30.1 Å². The van der Waals surface area contributed by atoms with Crippen LogP contribution in [-0.4, -0.2) is 40.1 Å². The Hall–Kier alpha value is -3.01. The van der Waals surface area contributed by atoms with E-state index in [9.17, 15) is 28.1 Å². The Morgan fingerprint density at radius 3 is 2.00 bits per heavy atom. The Labute approximate surface area is 171 Å². The van der Waals surface area contributed by atoms with E-state index in [0.717, 1.165) is 0 Å². The van der Waals surface area contributed by atoms with Crippen LogP contribution in [0.3, 0.4) is 0 Å². The van der Waals surface area contributed by atoms with Crippen LogP contribution in [0.5, 0.6) is 0 Å². The number of carbonyl (C=O) groups excluding carboxylic acids is 2. The average Bonchev–Trinajstić information content (AvgIpc) is 2.61. The maximum Gasteiger partial charge on any atom is 0.514 e. The summed E-state index contributed by atoms with van der Waals surface area (Å²) < 4.78 is 47.1. The van der Waals surface area contributed by atoms with Gasteiger partial charge in [-0.2, -0.15) is 4.39 Å². The van der Waals surface area contributed by atoms with Gasteiger partial charge in [0, 0.05) is 6.54 Å². The van der Waals surface area contributed by atoms with Crippen molar-refractivity contribution in [3.63, 3.8) is 0 Å². The topological polar surface area (TPSA) is 143 Å². The van der Waals surface area contributed by atoms with Crippen LogP contribution in [0, 0.1) is 5.82 Å². The molecule has 11 nitrogen and oxygen atoms in total. The third kappa shape index (κ3) is 7.11. The number of ether oxygens (including phenoxy) is 4. The molecular formula is C17H23FN2O9P+. The van der Waals surface area contributed by atoms with Crippen LogP contribution >= 0.6 is 7.80 Å². The molecule has 0 saturated heterocycles. The molecule has 13 heteroatoms. The highest BCUT2D eigenvalue weighted by atomic mass is 31.1. The molecule has 0 saturated carbocycles. The molecule has 1 heterocycles. The number of carbonyl (C=O) groups is 2. The van der Waals surface area contributed by atoms with E-state index in [2.05, 4.69) is 0 Å². The normalized spacial score (nSPS) is 11.8. The molecule has 0 aliphatic carbocycles. The molecule has 0 fully saturated rings. The highest BCUT2D eigenvalue weighted by Crippen LogP contribution is 2.30. The van der Waals surface area contributed by atoms with E-state index in [1.54, 1.807) is 11.9 Å². The zero-order chi connectivity index (χ0) is 23.0. The van der Waals surface area contributed by atoms with E-state index in [1.807, 2.05) is 0 Å². The van der Waals surface area contributed by atoms with E-state index in [4.69, 9.17) is 18.9 Å². The van der Waals surface area contributed by atoms with Gasteiger partial charge in [-0.15, -0.1) is 0 Å². The van der Waals surface area contributed by atoms with Crippen molar-refractivity contribution in [3.05, 3.63) is 38.8 Å². The lowest BCUT2D eigenvalue weighted by atomic mass is 10.5. The van der Waals surface area contributed by atoms with Gasteiger partial charge in [0.1, 0.15) is 0 Å². The molecule has 1 atom stereocenters. The average molecular weight is 449 g/mol. The number of allylic oxidation sites excluding steroid dienone is 2. The molecule has 1 aromatic rings. The first-order chi connectivity index (χ1) is 14.0. The Balaban J connectivity index is 3.43. The predicted molar refractivity (Wildman–Crippen MR) is 103 cm³/mol. The molecule has 0 amide bonds. The lowest BCUT2D eigenvalue weighted by Crippen LogP contribution is -2.43. The molecule has 1 aromatic heterocycles. The maximum atomic E-state index is 14.5. The van der Waals surface area contributed by atoms with Crippen molar-refractivity contribution in [1.29, 1.82) is 0 Å². The third-order valence-corrected chi connectivity index (χ3v) is 4.55. The van der Waals surface area contributed by atoms with E-state index < -0.39 is 60.9 Å². The number of rotatable bonds is 8. The molecule has 1 unspecified atom stereocenters.